The Morgan fingerprint density at radius 2 is 1.71 bits per heavy atom. The van der Waals surface area contributed by atoms with Crippen molar-refractivity contribution >= 4 is 35.0 Å². The number of carbonyl (C=O) groups is 3. The summed E-state index contributed by atoms with van der Waals surface area (Å²) in [7, 11) is 0. The largest absolute Gasteiger partial charge is 0.482 e. The molecule has 8 nitrogen and oxygen atoms in total. The Balaban J connectivity index is 1.51. The predicted molar refractivity (Wildman–Crippen MR) is 152 cm³/mol. The molecule has 0 spiro atoms. The SMILES string of the molecule is C[C@@H]1CN(C(=O)COc2ccc(Cl)cc2N(C(=O)CN)C(=O)c2cccc(F)c2F)[C@@H](C)CN1Cc1ccc(F)cc1. The van der Waals surface area contributed by atoms with Crippen LogP contribution in [0.3, 0.4) is 0 Å². The van der Waals surface area contributed by atoms with Gasteiger partial charge in [0.15, 0.2) is 18.2 Å². The summed E-state index contributed by atoms with van der Waals surface area (Å²) in [4.78, 5) is 43.8. The summed E-state index contributed by atoms with van der Waals surface area (Å²) >= 11 is 6.15. The van der Waals surface area contributed by atoms with Gasteiger partial charge in [-0.25, -0.2) is 18.1 Å². The lowest BCUT2D eigenvalue weighted by Crippen LogP contribution is -2.58. The molecule has 1 saturated heterocycles. The average Bonchev–Trinajstić information content (AvgIpc) is 2.96. The van der Waals surface area contributed by atoms with Gasteiger partial charge in [-0.2, -0.15) is 0 Å². The normalized spacial score (nSPS) is 17.2. The summed E-state index contributed by atoms with van der Waals surface area (Å²) < 4.78 is 47.4. The molecule has 0 saturated carbocycles. The molecule has 3 amide bonds. The standard InChI is InChI=1S/C30H30ClF3N4O4/c1-18-15-37(19(2)14-36(18)16-20-6-9-22(32)10-7-20)28(40)17-42-26-11-8-21(31)12-25(26)38(27(39)13-35)30(41)23-4-3-5-24(33)29(23)34/h3-12,18-19H,13-17,35H2,1-2H3/t18-,19+/m1/s1. The van der Waals surface area contributed by atoms with Crippen LogP contribution in [0.4, 0.5) is 18.9 Å². The maximum Gasteiger partial charge on any atom is 0.268 e. The maximum atomic E-state index is 14.5. The summed E-state index contributed by atoms with van der Waals surface area (Å²) in [5.74, 6) is -5.51. The second-order valence-corrected chi connectivity index (χ2v) is 10.5. The lowest BCUT2D eigenvalue weighted by Gasteiger charge is -2.44. The zero-order chi connectivity index (χ0) is 30.6. The number of anilines is 1. The van der Waals surface area contributed by atoms with Gasteiger partial charge in [0.1, 0.15) is 11.6 Å². The van der Waals surface area contributed by atoms with E-state index in [0.717, 1.165) is 23.8 Å². The number of carbonyl (C=O) groups excluding carboxylic acids is 3. The third kappa shape index (κ3) is 6.92. The minimum atomic E-state index is -1.43. The van der Waals surface area contributed by atoms with Crippen LogP contribution in [0.2, 0.25) is 5.02 Å². The van der Waals surface area contributed by atoms with Gasteiger partial charge in [0.05, 0.1) is 17.8 Å². The lowest BCUT2D eigenvalue weighted by molar-refractivity contribution is -0.139. The van der Waals surface area contributed by atoms with E-state index >= 15 is 0 Å². The summed E-state index contributed by atoms with van der Waals surface area (Å²) in [5.41, 5.74) is 5.62. The van der Waals surface area contributed by atoms with E-state index in [9.17, 15) is 27.6 Å². The van der Waals surface area contributed by atoms with E-state index in [1.54, 1.807) is 17.0 Å². The van der Waals surface area contributed by atoms with Crippen LogP contribution < -0.4 is 15.4 Å². The van der Waals surface area contributed by atoms with Crippen LogP contribution in [0.25, 0.3) is 0 Å². The molecule has 0 bridgehead atoms. The number of piperazine rings is 1. The molecule has 2 N–H and O–H groups in total. The van der Waals surface area contributed by atoms with Gasteiger partial charge < -0.3 is 15.4 Å². The van der Waals surface area contributed by atoms with Gasteiger partial charge >= 0.3 is 0 Å². The molecule has 0 aromatic heterocycles. The van der Waals surface area contributed by atoms with E-state index in [1.807, 2.05) is 13.8 Å². The van der Waals surface area contributed by atoms with Gasteiger partial charge in [-0.15, -0.1) is 0 Å². The van der Waals surface area contributed by atoms with Crippen molar-refractivity contribution in [2.24, 2.45) is 5.73 Å². The minimum Gasteiger partial charge on any atom is -0.482 e. The number of nitrogens with zero attached hydrogens (tertiary/aromatic N) is 3. The molecule has 12 heteroatoms. The van der Waals surface area contributed by atoms with E-state index in [0.29, 0.717) is 24.5 Å². The molecule has 3 aromatic rings. The second-order valence-electron chi connectivity index (χ2n) is 10.0. The number of amides is 3. The van der Waals surface area contributed by atoms with Crippen molar-refractivity contribution in [1.82, 2.24) is 9.80 Å². The number of imide groups is 1. The summed E-state index contributed by atoms with van der Waals surface area (Å²) in [6.45, 7) is 4.41. The fourth-order valence-electron chi connectivity index (χ4n) is 4.84. The fraction of sp³-hybridized carbons (Fsp3) is 0.300. The zero-order valence-electron chi connectivity index (χ0n) is 23.0. The summed E-state index contributed by atoms with van der Waals surface area (Å²) in [5, 5.41) is 0.116. The highest BCUT2D eigenvalue weighted by Gasteiger charge is 2.33. The van der Waals surface area contributed by atoms with E-state index < -0.39 is 42.2 Å². The number of hydrogen-bond acceptors (Lipinski definition) is 6. The zero-order valence-corrected chi connectivity index (χ0v) is 23.8. The first kappa shape index (κ1) is 31.0. The number of nitrogens with two attached hydrogens (primary N) is 1. The van der Waals surface area contributed by atoms with Crippen LogP contribution in [0.5, 0.6) is 5.75 Å². The molecule has 0 radical (unpaired) electrons. The van der Waals surface area contributed by atoms with Crippen LogP contribution in [0.1, 0.15) is 29.8 Å². The summed E-state index contributed by atoms with van der Waals surface area (Å²) in [6.07, 6.45) is 0. The molecule has 0 aliphatic carbocycles. The monoisotopic (exact) mass is 602 g/mol. The molecule has 4 rings (SSSR count). The van der Waals surface area contributed by atoms with E-state index in [-0.39, 0.29) is 40.3 Å². The van der Waals surface area contributed by atoms with Gasteiger partial charge in [-0.3, -0.25) is 19.3 Å². The van der Waals surface area contributed by atoms with Crippen LogP contribution in [-0.2, 0) is 16.1 Å². The van der Waals surface area contributed by atoms with Gasteiger partial charge in [0.25, 0.3) is 11.8 Å². The number of rotatable bonds is 8. The van der Waals surface area contributed by atoms with Crippen molar-refractivity contribution in [3.63, 3.8) is 0 Å². The molecule has 3 aromatic carbocycles. The Morgan fingerprint density at radius 3 is 2.40 bits per heavy atom. The van der Waals surface area contributed by atoms with Crippen molar-refractivity contribution in [3.05, 3.63) is 94.3 Å². The Labute approximate surface area is 246 Å². The van der Waals surface area contributed by atoms with Crippen LogP contribution in [-0.4, -0.2) is 65.8 Å². The highest BCUT2D eigenvalue weighted by Crippen LogP contribution is 2.33. The first-order valence-electron chi connectivity index (χ1n) is 13.2. The highest BCUT2D eigenvalue weighted by molar-refractivity contribution is 6.31. The Bertz CT molecular complexity index is 1470. The molecule has 2 atom stereocenters. The lowest BCUT2D eigenvalue weighted by atomic mass is 10.1. The second kappa shape index (κ2) is 13.4. The van der Waals surface area contributed by atoms with Gasteiger partial charge in [-0.1, -0.05) is 29.8 Å². The number of benzene rings is 3. The maximum absolute atomic E-state index is 14.5. The molecular formula is C30H30ClF3N4O4. The molecule has 0 unspecified atom stereocenters. The fourth-order valence-corrected chi connectivity index (χ4v) is 5.00. The number of ether oxygens (including phenoxy) is 1. The van der Waals surface area contributed by atoms with E-state index in [4.69, 9.17) is 22.1 Å². The van der Waals surface area contributed by atoms with Crippen LogP contribution in [0.15, 0.2) is 60.7 Å². The van der Waals surface area contributed by atoms with Crippen LogP contribution >= 0.6 is 11.6 Å². The summed E-state index contributed by atoms with van der Waals surface area (Å²) in [6, 6.07) is 13.2. The molecule has 1 heterocycles. The third-order valence-corrected chi connectivity index (χ3v) is 7.29. The van der Waals surface area contributed by atoms with Gasteiger partial charge in [-0.05, 0) is 61.9 Å². The first-order chi connectivity index (χ1) is 20.0. The first-order valence-corrected chi connectivity index (χ1v) is 13.6. The number of hydrogen-bond donors (Lipinski definition) is 1. The Hall–Kier alpha value is -3.93. The van der Waals surface area contributed by atoms with Crippen molar-refractivity contribution in [2.45, 2.75) is 32.5 Å². The van der Waals surface area contributed by atoms with Crippen molar-refractivity contribution in [1.29, 1.82) is 0 Å². The highest BCUT2D eigenvalue weighted by atomic mass is 35.5. The Morgan fingerprint density at radius 1 is 1.00 bits per heavy atom. The van der Waals surface area contributed by atoms with Gasteiger partial charge in [0, 0.05) is 36.7 Å². The molecule has 1 aliphatic rings. The van der Waals surface area contributed by atoms with E-state index in [1.165, 1.54) is 30.3 Å². The molecule has 222 valence electrons. The third-order valence-electron chi connectivity index (χ3n) is 7.06. The minimum absolute atomic E-state index is 0.00208. The molecule has 1 fully saturated rings. The van der Waals surface area contributed by atoms with Crippen molar-refractivity contribution < 1.29 is 32.3 Å². The molecule has 42 heavy (non-hydrogen) atoms. The predicted octanol–water partition coefficient (Wildman–Crippen LogP) is 4.39. The topological polar surface area (TPSA) is 96.2 Å². The van der Waals surface area contributed by atoms with Gasteiger partial charge in [0.2, 0.25) is 5.91 Å². The Kier molecular flexibility index (Phi) is 9.87. The molecular weight excluding hydrogens is 573 g/mol. The van der Waals surface area contributed by atoms with Crippen LogP contribution in [0, 0.1) is 17.5 Å². The quantitative estimate of drug-likeness (QED) is 0.411. The number of halogens is 4. The average molecular weight is 603 g/mol. The van der Waals surface area contributed by atoms with E-state index in [2.05, 4.69) is 4.90 Å². The smallest absolute Gasteiger partial charge is 0.268 e. The van der Waals surface area contributed by atoms with Crippen molar-refractivity contribution in [2.75, 3.05) is 31.1 Å². The van der Waals surface area contributed by atoms with Crippen molar-refractivity contribution in [3.8, 4) is 5.75 Å². The molecule has 1 aliphatic heterocycles.